The van der Waals surface area contributed by atoms with Crippen LogP contribution in [0.2, 0.25) is 0 Å². The minimum atomic E-state index is -0.969. The number of carbonyl (C=O) groups is 1. The van der Waals surface area contributed by atoms with E-state index in [1.54, 1.807) is 6.07 Å². The monoisotopic (exact) mass is 302 g/mol. The molecule has 1 aliphatic carbocycles. The van der Waals surface area contributed by atoms with Gasteiger partial charge in [-0.1, -0.05) is 52.3 Å². The van der Waals surface area contributed by atoms with Crippen LogP contribution in [0.3, 0.4) is 0 Å². The molecule has 2 atom stereocenters. The lowest BCUT2D eigenvalue weighted by molar-refractivity contribution is 0.0754. The normalized spacial score (nSPS) is 22.0. The molecule has 0 heterocycles. The average Bonchev–Trinajstić information content (AvgIpc) is 2.64. The zero-order chi connectivity index (χ0) is 12.7. The molecule has 0 fully saturated rings. The number of hydrogen-bond acceptors (Lipinski definition) is 2. The van der Waals surface area contributed by atoms with Crippen molar-refractivity contribution < 1.29 is 9.90 Å². The van der Waals surface area contributed by atoms with Gasteiger partial charge in [-0.2, -0.15) is 0 Å². The third kappa shape index (κ3) is 1.71. The molecule has 0 aliphatic heterocycles. The summed E-state index contributed by atoms with van der Waals surface area (Å²) in [6.45, 7) is 0. The molecule has 0 bridgehead atoms. The van der Waals surface area contributed by atoms with E-state index in [0.29, 0.717) is 5.56 Å². The molecule has 2 aromatic carbocycles. The summed E-state index contributed by atoms with van der Waals surface area (Å²) in [6, 6.07) is 15.1. The third-order valence-electron chi connectivity index (χ3n) is 3.37. The molecule has 0 radical (unpaired) electrons. The summed E-state index contributed by atoms with van der Waals surface area (Å²) in [5, 5.41) is 10.1. The van der Waals surface area contributed by atoms with Gasteiger partial charge in [0.05, 0.1) is 0 Å². The second-order valence-corrected chi connectivity index (χ2v) is 5.34. The maximum absolute atomic E-state index is 12.0. The van der Waals surface area contributed by atoms with Crippen LogP contribution in [0.1, 0.15) is 27.4 Å². The van der Waals surface area contributed by atoms with Crippen molar-refractivity contribution >= 4 is 21.7 Å². The fraction of sp³-hybridized carbons (Fsp3) is 0.133. The summed E-state index contributed by atoms with van der Waals surface area (Å²) in [5.41, 5.74) is 2.51. The Balaban J connectivity index is 2.13. The summed E-state index contributed by atoms with van der Waals surface area (Å²) < 4.78 is 0.985. The fourth-order valence-electron chi connectivity index (χ4n) is 2.51. The molecule has 0 spiro atoms. The van der Waals surface area contributed by atoms with Gasteiger partial charge in [0.1, 0.15) is 6.10 Å². The van der Waals surface area contributed by atoms with E-state index >= 15 is 0 Å². The van der Waals surface area contributed by atoms with Gasteiger partial charge in [-0.3, -0.25) is 4.79 Å². The van der Waals surface area contributed by atoms with E-state index in [-0.39, 0.29) is 11.7 Å². The predicted octanol–water partition coefficient (Wildman–Crippen LogP) is 3.14. The zero-order valence-electron chi connectivity index (χ0n) is 9.51. The van der Waals surface area contributed by atoms with Crippen LogP contribution in [-0.4, -0.2) is 17.0 Å². The molecule has 3 rings (SSSR count). The largest absolute Gasteiger partial charge is 0.384 e. The Kier molecular flexibility index (Phi) is 2.80. The van der Waals surface area contributed by atoms with Crippen molar-refractivity contribution in [3.05, 3.63) is 69.7 Å². The number of aliphatic hydroxyl groups excluding tert-OH is 1. The maximum atomic E-state index is 12.0. The van der Waals surface area contributed by atoms with Crippen molar-refractivity contribution in [2.45, 2.75) is 12.0 Å². The Bertz CT molecular complexity index is 604. The number of benzene rings is 2. The molecule has 3 heteroatoms. The molecule has 2 nitrogen and oxygen atoms in total. The van der Waals surface area contributed by atoms with Crippen LogP contribution in [-0.2, 0) is 0 Å². The summed E-state index contributed by atoms with van der Waals surface area (Å²) in [6.07, 6.45) is -0.969. The van der Waals surface area contributed by atoms with E-state index in [0.717, 1.165) is 15.6 Å². The number of rotatable bonds is 1. The molecule has 90 valence electrons. The Morgan fingerprint density at radius 2 is 1.67 bits per heavy atom. The minimum Gasteiger partial charge on any atom is -0.384 e. The number of aliphatic hydroxyl groups is 1. The number of halogens is 1. The average molecular weight is 303 g/mol. The summed E-state index contributed by atoms with van der Waals surface area (Å²) >= 11 is 3.38. The fourth-order valence-corrected chi connectivity index (χ4v) is 2.77. The number of carbonyl (C=O) groups excluding carboxylic acids is 1. The molecule has 2 aromatic rings. The minimum absolute atomic E-state index is 0.182. The lowest BCUT2D eigenvalue weighted by atomic mass is 9.91. The van der Waals surface area contributed by atoms with Gasteiger partial charge in [0.15, 0.2) is 5.78 Å². The highest BCUT2D eigenvalue weighted by atomic mass is 79.9. The highest BCUT2D eigenvalue weighted by Gasteiger charge is 2.38. The Morgan fingerprint density at radius 3 is 2.39 bits per heavy atom. The van der Waals surface area contributed by atoms with Gasteiger partial charge in [-0.15, -0.1) is 0 Å². The van der Waals surface area contributed by atoms with E-state index in [4.69, 9.17) is 0 Å². The maximum Gasteiger partial charge on any atom is 0.192 e. The van der Waals surface area contributed by atoms with E-state index in [1.807, 2.05) is 42.5 Å². The van der Waals surface area contributed by atoms with Crippen molar-refractivity contribution in [1.29, 1.82) is 0 Å². The van der Waals surface area contributed by atoms with Gasteiger partial charge in [0, 0.05) is 16.0 Å². The van der Waals surface area contributed by atoms with E-state index < -0.39 is 6.10 Å². The van der Waals surface area contributed by atoms with E-state index in [2.05, 4.69) is 15.9 Å². The lowest BCUT2D eigenvalue weighted by Crippen LogP contribution is -2.20. The van der Waals surface area contributed by atoms with Crippen molar-refractivity contribution in [2.75, 3.05) is 0 Å². The van der Waals surface area contributed by atoms with Crippen LogP contribution in [0, 0.1) is 0 Å². The van der Waals surface area contributed by atoms with E-state index in [1.165, 1.54) is 0 Å². The highest BCUT2D eigenvalue weighted by molar-refractivity contribution is 9.10. The Morgan fingerprint density at radius 1 is 1.00 bits per heavy atom. The Hall–Kier alpha value is -1.45. The molecule has 1 N–H and O–H groups in total. The van der Waals surface area contributed by atoms with Crippen molar-refractivity contribution in [1.82, 2.24) is 0 Å². The number of Topliss-reactive ketones (excluding diaryl/α,β-unsaturated/α-hetero) is 1. The van der Waals surface area contributed by atoms with Crippen LogP contribution in [0.25, 0.3) is 0 Å². The third-order valence-corrected chi connectivity index (χ3v) is 3.90. The van der Waals surface area contributed by atoms with E-state index in [9.17, 15) is 9.90 Å². The van der Waals surface area contributed by atoms with Crippen molar-refractivity contribution in [2.24, 2.45) is 0 Å². The summed E-state index contributed by atoms with van der Waals surface area (Å²) in [4.78, 5) is 12.0. The van der Waals surface area contributed by atoms with Gasteiger partial charge in [-0.05, 0) is 23.3 Å². The molecule has 1 aliphatic rings. The van der Waals surface area contributed by atoms with Crippen LogP contribution in [0.15, 0.2) is 53.0 Å². The second-order valence-electron chi connectivity index (χ2n) is 4.43. The van der Waals surface area contributed by atoms with Gasteiger partial charge in [0.2, 0.25) is 0 Å². The van der Waals surface area contributed by atoms with Crippen molar-refractivity contribution in [3.63, 3.8) is 0 Å². The topological polar surface area (TPSA) is 37.3 Å². The second kappa shape index (κ2) is 4.34. The quantitative estimate of drug-likeness (QED) is 0.879. The highest BCUT2D eigenvalue weighted by Crippen LogP contribution is 2.38. The molecule has 0 aromatic heterocycles. The first-order valence-corrected chi connectivity index (χ1v) is 6.54. The number of fused-ring (bicyclic) bond motifs is 1. The first-order valence-electron chi connectivity index (χ1n) is 5.75. The molecular formula is C15H11BrO2. The standard InChI is InChI=1S/C15H11BrO2/c16-10-7-5-9(6-8-10)13-11-3-1-2-4-12(11)14(17)15(13)18/h1-8,13,15,18H/t13-,15-/m1/s1. The van der Waals surface area contributed by atoms with Crippen LogP contribution >= 0.6 is 15.9 Å². The van der Waals surface area contributed by atoms with Gasteiger partial charge in [0.25, 0.3) is 0 Å². The van der Waals surface area contributed by atoms with Crippen molar-refractivity contribution in [3.8, 4) is 0 Å². The zero-order valence-corrected chi connectivity index (χ0v) is 11.1. The summed E-state index contributed by atoms with van der Waals surface area (Å²) in [5.74, 6) is -0.430. The first kappa shape index (κ1) is 11.6. The van der Waals surface area contributed by atoms with Crippen LogP contribution < -0.4 is 0 Å². The molecule has 0 unspecified atom stereocenters. The first-order chi connectivity index (χ1) is 8.68. The van der Waals surface area contributed by atoms with Gasteiger partial charge < -0.3 is 5.11 Å². The molecule has 18 heavy (non-hydrogen) atoms. The number of hydrogen-bond donors (Lipinski definition) is 1. The van der Waals surface area contributed by atoms with Crippen LogP contribution in [0.5, 0.6) is 0 Å². The molecule has 0 amide bonds. The Labute approximate surface area is 113 Å². The number of ketones is 1. The summed E-state index contributed by atoms with van der Waals surface area (Å²) in [7, 11) is 0. The SMILES string of the molecule is O=C1c2ccccc2[C@@H](c2ccc(Br)cc2)[C@H]1O. The molecular weight excluding hydrogens is 292 g/mol. The van der Waals surface area contributed by atoms with Gasteiger partial charge in [-0.25, -0.2) is 0 Å². The van der Waals surface area contributed by atoms with Crippen LogP contribution in [0.4, 0.5) is 0 Å². The molecule has 0 saturated carbocycles. The smallest absolute Gasteiger partial charge is 0.192 e. The molecule has 0 saturated heterocycles. The lowest BCUT2D eigenvalue weighted by Gasteiger charge is -2.15. The predicted molar refractivity (Wildman–Crippen MR) is 72.8 cm³/mol. The van der Waals surface area contributed by atoms with Gasteiger partial charge >= 0.3 is 0 Å².